The van der Waals surface area contributed by atoms with Gasteiger partial charge in [0.25, 0.3) is 0 Å². The van der Waals surface area contributed by atoms with Crippen LogP contribution in [-0.4, -0.2) is 93.5 Å². The topological polar surface area (TPSA) is 191 Å². The van der Waals surface area contributed by atoms with Crippen LogP contribution in [0.1, 0.15) is 26.7 Å². The van der Waals surface area contributed by atoms with Gasteiger partial charge in [0.1, 0.15) is 18.1 Å². The number of hydrogen-bond donors (Lipinski definition) is 6. The van der Waals surface area contributed by atoms with Crippen LogP contribution >= 0.6 is 11.8 Å². The Morgan fingerprint density at radius 1 is 1.11 bits per heavy atom. The predicted molar refractivity (Wildman–Crippen MR) is 139 cm³/mol. The number of rotatable bonds is 13. The first-order valence-corrected chi connectivity index (χ1v) is 13.1. The average Bonchev–Trinajstić information content (AvgIpc) is 3.36. The molecule has 0 spiro atoms. The van der Waals surface area contributed by atoms with E-state index in [0.717, 1.165) is 4.90 Å². The van der Waals surface area contributed by atoms with Crippen molar-refractivity contribution in [2.24, 2.45) is 11.7 Å². The maximum atomic E-state index is 12.9. The van der Waals surface area contributed by atoms with E-state index in [2.05, 4.69) is 16.0 Å². The van der Waals surface area contributed by atoms with Gasteiger partial charge in [0.15, 0.2) is 0 Å². The number of amides is 4. The number of hydrogen-bond acceptors (Lipinski definition) is 8. The summed E-state index contributed by atoms with van der Waals surface area (Å²) in [6.07, 6.45) is 0.797. The van der Waals surface area contributed by atoms with Gasteiger partial charge in [0.05, 0.1) is 18.4 Å². The molecule has 0 bridgehead atoms. The number of aliphatic hydroxyl groups is 1. The van der Waals surface area contributed by atoms with Crippen LogP contribution in [0.15, 0.2) is 30.3 Å². The van der Waals surface area contributed by atoms with E-state index in [1.165, 1.54) is 11.8 Å². The van der Waals surface area contributed by atoms with E-state index in [-0.39, 0.29) is 29.9 Å². The molecule has 0 aliphatic carbocycles. The third-order valence-electron chi connectivity index (χ3n) is 5.79. The van der Waals surface area contributed by atoms with Crippen LogP contribution in [0.5, 0.6) is 0 Å². The van der Waals surface area contributed by atoms with Crippen molar-refractivity contribution in [3.63, 3.8) is 0 Å². The molecule has 13 heteroatoms. The van der Waals surface area contributed by atoms with Gasteiger partial charge in [-0.2, -0.15) is 0 Å². The number of nitrogens with one attached hydrogen (secondary N) is 3. The smallest absolute Gasteiger partial charge is 0.326 e. The summed E-state index contributed by atoms with van der Waals surface area (Å²) in [5.74, 6) is -3.57. The molecule has 7 N–H and O–H groups in total. The van der Waals surface area contributed by atoms with Gasteiger partial charge in [0, 0.05) is 18.0 Å². The molecule has 4 amide bonds. The fraction of sp³-hybridized carbons (Fsp3) is 0.542. The van der Waals surface area contributed by atoms with Crippen LogP contribution in [-0.2, 0) is 24.0 Å². The van der Waals surface area contributed by atoms with Gasteiger partial charge >= 0.3 is 5.97 Å². The molecule has 204 valence electrons. The number of carbonyl (C=O) groups excluding carboxylic acids is 4. The highest BCUT2D eigenvalue weighted by molar-refractivity contribution is 8.00. The number of nitrogens with two attached hydrogens (primary N) is 1. The molecule has 37 heavy (non-hydrogen) atoms. The predicted octanol–water partition coefficient (Wildman–Crippen LogP) is -0.621. The Bertz CT molecular complexity index is 962. The lowest BCUT2D eigenvalue weighted by molar-refractivity contribution is -0.150. The first-order valence-electron chi connectivity index (χ1n) is 12.0. The number of para-hydroxylation sites is 1. The van der Waals surface area contributed by atoms with Crippen LogP contribution < -0.4 is 21.7 Å². The van der Waals surface area contributed by atoms with Crippen molar-refractivity contribution in [3.8, 4) is 0 Å². The van der Waals surface area contributed by atoms with Crippen LogP contribution in [0.4, 0.5) is 5.69 Å². The molecule has 1 aliphatic rings. The van der Waals surface area contributed by atoms with Crippen molar-refractivity contribution in [1.82, 2.24) is 15.5 Å². The zero-order valence-electron chi connectivity index (χ0n) is 20.9. The van der Waals surface area contributed by atoms with E-state index in [0.29, 0.717) is 18.5 Å². The van der Waals surface area contributed by atoms with E-state index in [4.69, 9.17) is 5.73 Å². The zero-order chi connectivity index (χ0) is 27.5. The van der Waals surface area contributed by atoms with Crippen molar-refractivity contribution < 1.29 is 34.2 Å². The highest BCUT2D eigenvalue weighted by atomic mass is 32.2. The summed E-state index contributed by atoms with van der Waals surface area (Å²) in [6, 6.07) is 4.51. The summed E-state index contributed by atoms with van der Waals surface area (Å²) in [5.41, 5.74) is 6.61. The molecule has 12 nitrogen and oxygen atoms in total. The fourth-order valence-corrected chi connectivity index (χ4v) is 4.58. The second-order valence-corrected chi connectivity index (χ2v) is 10.1. The number of aliphatic hydroxyl groups excluding tert-OH is 1. The molecule has 1 heterocycles. The second-order valence-electron chi connectivity index (χ2n) is 9.04. The van der Waals surface area contributed by atoms with Crippen LogP contribution in [0.2, 0.25) is 0 Å². The fourth-order valence-electron chi connectivity index (χ4n) is 3.80. The minimum atomic E-state index is -1.35. The molecule has 2 rings (SSSR count). The third kappa shape index (κ3) is 9.02. The van der Waals surface area contributed by atoms with E-state index in [9.17, 15) is 34.2 Å². The first-order chi connectivity index (χ1) is 17.5. The molecule has 1 fully saturated rings. The van der Waals surface area contributed by atoms with E-state index < -0.39 is 54.5 Å². The highest BCUT2D eigenvalue weighted by Gasteiger charge is 2.38. The largest absolute Gasteiger partial charge is 0.480 e. The minimum Gasteiger partial charge on any atom is -0.480 e. The molecule has 0 radical (unpaired) electrons. The number of likely N-dealkylation sites (tertiary alicyclic amines) is 1. The van der Waals surface area contributed by atoms with E-state index in [1.54, 1.807) is 38.1 Å². The number of benzene rings is 1. The van der Waals surface area contributed by atoms with Crippen LogP contribution in [0.25, 0.3) is 0 Å². The summed E-state index contributed by atoms with van der Waals surface area (Å²) in [6.45, 7) is 2.86. The van der Waals surface area contributed by atoms with Gasteiger partial charge in [-0.25, -0.2) is 4.79 Å². The van der Waals surface area contributed by atoms with Gasteiger partial charge < -0.3 is 36.8 Å². The molecule has 1 aliphatic heterocycles. The standard InChI is InChI=1S/C24H35N5O7S/c1-14(2)20(22(33)27-17(11-30)23(34)29-10-6-9-18(29)24(35)36)28-21(32)16(25)12-37-13-19(31)26-15-7-4-3-5-8-15/h3-5,7-8,14,16-18,20,30H,6,9-13,25H2,1-2H3,(H,26,31)(H,27,33)(H,28,32)(H,35,36)/t16-,17-,18-,20-/m0/s1. The molecule has 0 aromatic heterocycles. The highest BCUT2D eigenvalue weighted by Crippen LogP contribution is 2.18. The first kappa shape index (κ1) is 30.1. The molecular weight excluding hydrogens is 502 g/mol. The Labute approximate surface area is 219 Å². The molecular formula is C24H35N5O7S. The summed E-state index contributed by atoms with van der Waals surface area (Å²) < 4.78 is 0. The molecule has 0 saturated carbocycles. The van der Waals surface area contributed by atoms with Gasteiger partial charge in [-0.05, 0) is 30.9 Å². The molecule has 1 aromatic rings. The number of nitrogens with zero attached hydrogens (tertiary/aromatic N) is 1. The maximum absolute atomic E-state index is 12.9. The Hall–Kier alpha value is -3.16. The average molecular weight is 538 g/mol. The van der Waals surface area contributed by atoms with Crippen molar-refractivity contribution in [3.05, 3.63) is 30.3 Å². The molecule has 1 aromatic carbocycles. The number of carboxylic acid groups (broad SMARTS) is 1. The van der Waals surface area contributed by atoms with Crippen molar-refractivity contribution in [2.45, 2.75) is 50.9 Å². The number of aliphatic carboxylic acids is 1. The van der Waals surface area contributed by atoms with Crippen molar-refractivity contribution >= 4 is 47.0 Å². The van der Waals surface area contributed by atoms with Gasteiger partial charge in [-0.15, -0.1) is 11.8 Å². The zero-order valence-corrected chi connectivity index (χ0v) is 21.7. The lowest BCUT2D eigenvalue weighted by Gasteiger charge is -2.29. The lowest BCUT2D eigenvalue weighted by Crippen LogP contribution is -2.59. The Morgan fingerprint density at radius 3 is 2.38 bits per heavy atom. The number of carbonyl (C=O) groups is 5. The number of thioether (sulfide) groups is 1. The van der Waals surface area contributed by atoms with E-state index in [1.807, 2.05) is 6.07 Å². The number of anilines is 1. The normalized spacial score (nSPS) is 17.5. The summed E-state index contributed by atoms with van der Waals surface area (Å²) in [4.78, 5) is 62.9. The summed E-state index contributed by atoms with van der Waals surface area (Å²) in [7, 11) is 0. The van der Waals surface area contributed by atoms with Gasteiger partial charge in [-0.1, -0.05) is 32.0 Å². The number of carboxylic acids is 1. The van der Waals surface area contributed by atoms with Crippen molar-refractivity contribution in [2.75, 3.05) is 30.0 Å². The Morgan fingerprint density at radius 2 is 1.78 bits per heavy atom. The van der Waals surface area contributed by atoms with Crippen LogP contribution in [0.3, 0.4) is 0 Å². The van der Waals surface area contributed by atoms with E-state index >= 15 is 0 Å². The van der Waals surface area contributed by atoms with Gasteiger partial charge in [0.2, 0.25) is 23.6 Å². The summed E-state index contributed by atoms with van der Waals surface area (Å²) >= 11 is 1.17. The Balaban J connectivity index is 1.88. The molecule has 0 unspecified atom stereocenters. The van der Waals surface area contributed by atoms with Crippen molar-refractivity contribution in [1.29, 1.82) is 0 Å². The second kappa shape index (κ2) is 14.5. The van der Waals surface area contributed by atoms with Gasteiger partial charge in [-0.3, -0.25) is 19.2 Å². The van der Waals surface area contributed by atoms with Crippen LogP contribution in [0, 0.1) is 5.92 Å². The quantitative estimate of drug-likeness (QED) is 0.190. The SMILES string of the molecule is CC(C)[C@H](NC(=O)[C@@H](N)CSCC(=O)Nc1ccccc1)C(=O)N[C@@H](CO)C(=O)N1CCC[C@H]1C(=O)O. The summed E-state index contributed by atoms with van der Waals surface area (Å²) in [5, 5.41) is 26.7. The molecule has 1 saturated heterocycles. The monoisotopic (exact) mass is 537 g/mol. The third-order valence-corrected chi connectivity index (χ3v) is 6.85. The maximum Gasteiger partial charge on any atom is 0.326 e. The molecule has 4 atom stereocenters. The minimum absolute atomic E-state index is 0.0814. The Kier molecular flexibility index (Phi) is 11.8. The lowest BCUT2D eigenvalue weighted by atomic mass is 10.0.